The summed E-state index contributed by atoms with van der Waals surface area (Å²) in [6.45, 7) is 10.3. The van der Waals surface area contributed by atoms with Crippen LogP contribution in [0.1, 0.15) is 27.7 Å². The minimum absolute atomic E-state index is 0.0969. The van der Waals surface area contributed by atoms with Crippen molar-refractivity contribution >= 4 is 5.97 Å². The second kappa shape index (κ2) is 7.65. The van der Waals surface area contributed by atoms with Crippen molar-refractivity contribution in [2.45, 2.75) is 33.8 Å². The van der Waals surface area contributed by atoms with E-state index < -0.39 is 5.97 Å². The van der Waals surface area contributed by atoms with Gasteiger partial charge in [0.2, 0.25) is 0 Å². The van der Waals surface area contributed by atoms with E-state index >= 15 is 0 Å². The molecule has 0 heterocycles. The Kier molecular flexibility index (Phi) is 7.34. The zero-order valence-electron chi connectivity index (χ0n) is 10.2. The molecule has 0 bridgehead atoms. The van der Waals surface area contributed by atoms with Crippen LogP contribution >= 0.6 is 0 Å². The highest BCUT2D eigenvalue weighted by atomic mass is 16.5. The zero-order chi connectivity index (χ0) is 11.8. The van der Waals surface area contributed by atoms with Gasteiger partial charge in [0.25, 0.3) is 0 Å². The first-order valence-electron chi connectivity index (χ1n) is 5.47. The van der Waals surface area contributed by atoms with E-state index in [9.17, 15) is 4.79 Å². The van der Waals surface area contributed by atoms with Crippen molar-refractivity contribution in [3.63, 3.8) is 0 Å². The normalized spacial score (nSPS) is 11.7. The fourth-order valence-corrected chi connectivity index (χ4v) is 1.36. The van der Waals surface area contributed by atoms with Gasteiger partial charge in [0.15, 0.2) is 0 Å². The van der Waals surface area contributed by atoms with Gasteiger partial charge in [0.05, 0.1) is 19.3 Å². The number of aliphatic carboxylic acids is 1. The minimum atomic E-state index is -0.778. The molecule has 0 saturated carbocycles. The van der Waals surface area contributed by atoms with Crippen molar-refractivity contribution in [3.8, 4) is 0 Å². The molecule has 0 aliphatic heterocycles. The summed E-state index contributed by atoms with van der Waals surface area (Å²) in [5.41, 5.74) is 0. The van der Waals surface area contributed by atoms with E-state index in [-0.39, 0.29) is 12.6 Å². The third kappa shape index (κ3) is 9.69. The van der Waals surface area contributed by atoms with Gasteiger partial charge >= 0.3 is 5.97 Å². The fraction of sp³-hybridized carbons (Fsp3) is 0.909. The van der Waals surface area contributed by atoms with Crippen LogP contribution in [0, 0.1) is 5.92 Å². The molecule has 0 radical (unpaired) electrons. The van der Waals surface area contributed by atoms with E-state index in [2.05, 4.69) is 13.8 Å². The van der Waals surface area contributed by atoms with Gasteiger partial charge in [0, 0.05) is 13.1 Å². The monoisotopic (exact) mass is 217 g/mol. The number of nitrogens with zero attached hydrogens (tertiary/aromatic N) is 1. The molecule has 0 aliphatic rings. The Bertz CT molecular complexity index is 181. The maximum Gasteiger partial charge on any atom is 0.317 e. The molecule has 0 aromatic rings. The molecular formula is C11H23NO3. The third-order valence-electron chi connectivity index (χ3n) is 1.84. The van der Waals surface area contributed by atoms with Crippen LogP contribution in [0.5, 0.6) is 0 Å². The van der Waals surface area contributed by atoms with E-state index in [1.54, 1.807) is 0 Å². The molecule has 0 aromatic carbocycles. The lowest BCUT2D eigenvalue weighted by Gasteiger charge is -2.22. The highest BCUT2D eigenvalue weighted by Gasteiger charge is 2.11. The summed E-state index contributed by atoms with van der Waals surface area (Å²) in [4.78, 5) is 12.5. The zero-order valence-corrected chi connectivity index (χ0v) is 10.2. The maximum atomic E-state index is 10.6. The largest absolute Gasteiger partial charge is 0.480 e. The van der Waals surface area contributed by atoms with Crippen LogP contribution in [0.25, 0.3) is 0 Å². The first kappa shape index (κ1) is 14.4. The Labute approximate surface area is 92.2 Å². The Morgan fingerprint density at radius 2 is 1.93 bits per heavy atom. The Balaban J connectivity index is 3.84. The van der Waals surface area contributed by atoms with Gasteiger partial charge in [0.1, 0.15) is 0 Å². The molecule has 0 aromatic heterocycles. The molecule has 15 heavy (non-hydrogen) atoms. The lowest BCUT2D eigenvalue weighted by atomic mass is 10.2. The molecule has 1 N–H and O–H groups in total. The van der Waals surface area contributed by atoms with Crippen LogP contribution in [0.3, 0.4) is 0 Å². The van der Waals surface area contributed by atoms with Crippen molar-refractivity contribution in [1.29, 1.82) is 0 Å². The standard InChI is InChI=1S/C11H23NO3/c1-9(2)7-12(8-11(13)14)5-6-15-10(3)4/h9-10H,5-8H2,1-4H3,(H,13,14). The van der Waals surface area contributed by atoms with Crippen molar-refractivity contribution in [1.82, 2.24) is 4.90 Å². The quantitative estimate of drug-likeness (QED) is 0.668. The lowest BCUT2D eigenvalue weighted by molar-refractivity contribution is -0.138. The molecule has 0 amide bonds. The van der Waals surface area contributed by atoms with Crippen LogP contribution in [-0.4, -0.2) is 48.3 Å². The van der Waals surface area contributed by atoms with Crippen molar-refractivity contribution in [2.75, 3.05) is 26.2 Å². The second-order valence-corrected chi connectivity index (χ2v) is 4.44. The van der Waals surface area contributed by atoms with Gasteiger partial charge in [-0.1, -0.05) is 13.8 Å². The summed E-state index contributed by atoms with van der Waals surface area (Å²) in [5.74, 6) is -0.302. The summed E-state index contributed by atoms with van der Waals surface area (Å²) < 4.78 is 5.40. The molecule has 0 spiro atoms. The van der Waals surface area contributed by atoms with Gasteiger partial charge in [-0.25, -0.2) is 0 Å². The molecule has 90 valence electrons. The van der Waals surface area contributed by atoms with Crippen LogP contribution in [-0.2, 0) is 9.53 Å². The van der Waals surface area contributed by atoms with Gasteiger partial charge in [-0.15, -0.1) is 0 Å². The number of hydrogen-bond acceptors (Lipinski definition) is 3. The van der Waals surface area contributed by atoms with E-state index in [4.69, 9.17) is 9.84 Å². The Morgan fingerprint density at radius 1 is 1.33 bits per heavy atom. The topological polar surface area (TPSA) is 49.8 Å². The predicted molar refractivity (Wildman–Crippen MR) is 60.0 cm³/mol. The highest BCUT2D eigenvalue weighted by Crippen LogP contribution is 1.99. The van der Waals surface area contributed by atoms with Crippen LogP contribution in [0.4, 0.5) is 0 Å². The summed E-state index contributed by atoms with van der Waals surface area (Å²) in [6, 6.07) is 0. The number of hydrogen-bond donors (Lipinski definition) is 1. The number of carbonyl (C=O) groups is 1. The van der Waals surface area contributed by atoms with E-state index in [0.29, 0.717) is 19.1 Å². The summed E-state index contributed by atoms with van der Waals surface area (Å²) in [6.07, 6.45) is 0.204. The number of ether oxygens (including phenoxy) is 1. The van der Waals surface area contributed by atoms with E-state index in [1.807, 2.05) is 18.7 Å². The molecule has 0 rings (SSSR count). The number of carboxylic acids is 1. The molecule has 0 atom stereocenters. The summed E-state index contributed by atoms with van der Waals surface area (Å²) in [5, 5.41) is 8.72. The average Bonchev–Trinajstić information content (AvgIpc) is 2.00. The summed E-state index contributed by atoms with van der Waals surface area (Å²) >= 11 is 0. The van der Waals surface area contributed by atoms with Gasteiger partial charge in [-0.2, -0.15) is 0 Å². The SMILES string of the molecule is CC(C)CN(CCOC(C)C)CC(=O)O. The smallest absolute Gasteiger partial charge is 0.317 e. The highest BCUT2D eigenvalue weighted by molar-refractivity contribution is 5.69. The lowest BCUT2D eigenvalue weighted by Crippen LogP contribution is -2.35. The summed E-state index contributed by atoms with van der Waals surface area (Å²) in [7, 11) is 0. The van der Waals surface area contributed by atoms with Gasteiger partial charge in [-0.05, 0) is 19.8 Å². The van der Waals surface area contributed by atoms with Crippen LogP contribution in [0.2, 0.25) is 0 Å². The first-order chi connectivity index (χ1) is 6.91. The van der Waals surface area contributed by atoms with Crippen LogP contribution < -0.4 is 0 Å². The minimum Gasteiger partial charge on any atom is -0.480 e. The molecule has 0 aliphatic carbocycles. The molecule has 0 saturated heterocycles. The molecular weight excluding hydrogens is 194 g/mol. The predicted octanol–water partition coefficient (Wildman–Crippen LogP) is 1.45. The maximum absolute atomic E-state index is 10.6. The molecule has 4 nitrogen and oxygen atoms in total. The third-order valence-corrected chi connectivity index (χ3v) is 1.84. The molecule has 0 unspecified atom stereocenters. The van der Waals surface area contributed by atoms with E-state index in [1.165, 1.54) is 0 Å². The number of carboxylic acid groups (broad SMARTS) is 1. The van der Waals surface area contributed by atoms with Gasteiger partial charge < -0.3 is 9.84 Å². The van der Waals surface area contributed by atoms with Crippen LogP contribution in [0.15, 0.2) is 0 Å². The molecule has 0 fully saturated rings. The molecule has 4 heteroatoms. The van der Waals surface area contributed by atoms with Crippen molar-refractivity contribution < 1.29 is 14.6 Å². The fourth-order valence-electron chi connectivity index (χ4n) is 1.36. The number of rotatable bonds is 8. The Morgan fingerprint density at radius 3 is 2.33 bits per heavy atom. The van der Waals surface area contributed by atoms with Crippen molar-refractivity contribution in [3.05, 3.63) is 0 Å². The van der Waals surface area contributed by atoms with Gasteiger partial charge in [-0.3, -0.25) is 9.69 Å². The average molecular weight is 217 g/mol. The van der Waals surface area contributed by atoms with Crippen molar-refractivity contribution in [2.24, 2.45) is 5.92 Å². The second-order valence-electron chi connectivity index (χ2n) is 4.44. The Hall–Kier alpha value is -0.610. The first-order valence-corrected chi connectivity index (χ1v) is 5.47. The van der Waals surface area contributed by atoms with E-state index in [0.717, 1.165) is 6.54 Å².